The van der Waals surface area contributed by atoms with E-state index in [0.29, 0.717) is 19.0 Å². The SMILES string of the molecule is COCc1n[nH]c(Cn2cnc3ccccc32)n1. The lowest BCUT2D eigenvalue weighted by molar-refractivity contribution is 0.178. The predicted octanol–water partition coefficient (Wildman–Crippen LogP) is 1.35. The third-order valence-corrected chi connectivity index (χ3v) is 2.70. The zero-order chi connectivity index (χ0) is 12.4. The molecule has 1 N–H and O–H groups in total. The van der Waals surface area contributed by atoms with Crippen LogP contribution in [-0.4, -0.2) is 31.8 Å². The van der Waals surface area contributed by atoms with Gasteiger partial charge in [0.1, 0.15) is 12.4 Å². The molecule has 0 amide bonds. The summed E-state index contributed by atoms with van der Waals surface area (Å²) in [5.41, 5.74) is 2.07. The second-order valence-corrected chi connectivity index (χ2v) is 3.99. The maximum absolute atomic E-state index is 4.98. The van der Waals surface area contributed by atoms with Crippen LogP contribution in [-0.2, 0) is 17.9 Å². The number of H-pyrrole nitrogens is 1. The fourth-order valence-electron chi connectivity index (χ4n) is 1.90. The molecule has 0 fully saturated rings. The molecule has 2 heterocycles. The molecule has 92 valence electrons. The van der Waals surface area contributed by atoms with Gasteiger partial charge in [-0.25, -0.2) is 9.97 Å². The van der Waals surface area contributed by atoms with E-state index in [0.717, 1.165) is 16.9 Å². The molecule has 0 aliphatic carbocycles. The number of aromatic nitrogens is 5. The Morgan fingerprint density at radius 3 is 3.11 bits per heavy atom. The lowest BCUT2D eigenvalue weighted by atomic mass is 10.3. The Morgan fingerprint density at radius 1 is 1.33 bits per heavy atom. The molecule has 1 aromatic carbocycles. The number of nitrogens with one attached hydrogen (secondary N) is 1. The van der Waals surface area contributed by atoms with E-state index in [1.54, 1.807) is 7.11 Å². The normalized spacial score (nSPS) is 11.2. The highest BCUT2D eigenvalue weighted by Gasteiger charge is 2.06. The lowest BCUT2D eigenvalue weighted by Crippen LogP contribution is -2.00. The third kappa shape index (κ3) is 1.98. The second-order valence-electron chi connectivity index (χ2n) is 3.99. The number of methoxy groups -OCH3 is 1. The molecule has 0 aliphatic rings. The molecule has 3 rings (SSSR count). The summed E-state index contributed by atoms with van der Waals surface area (Å²) in [6, 6.07) is 8.00. The van der Waals surface area contributed by atoms with Crippen LogP contribution in [0, 0.1) is 0 Å². The predicted molar refractivity (Wildman–Crippen MR) is 65.9 cm³/mol. The number of hydrogen-bond donors (Lipinski definition) is 1. The number of fused-ring (bicyclic) bond motifs is 1. The van der Waals surface area contributed by atoms with Crippen molar-refractivity contribution in [3.63, 3.8) is 0 Å². The van der Waals surface area contributed by atoms with Crippen LogP contribution >= 0.6 is 0 Å². The second kappa shape index (κ2) is 4.58. The van der Waals surface area contributed by atoms with Crippen molar-refractivity contribution in [3.05, 3.63) is 42.2 Å². The van der Waals surface area contributed by atoms with E-state index in [2.05, 4.69) is 20.2 Å². The number of aromatic amines is 1. The standard InChI is InChI=1S/C12H13N5O/c1-18-7-12-14-11(15-16-12)6-17-8-13-9-4-2-3-5-10(9)17/h2-5,8H,6-7H2,1H3,(H,14,15,16). The van der Waals surface area contributed by atoms with E-state index in [1.807, 2.05) is 35.2 Å². The summed E-state index contributed by atoms with van der Waals surface area (Å²) in [5, 5.41) is 6.98. The molecule has 6 nitrogen and oxygen atoms in total. The van der Waals surface area contributed by atoms with Gasteiger partial charge in [-0.15, -0.1) is 0 Å². The Labute approximate surface area is 104 Å². The van der Waals surface area contributed by atoms with Crippen LogP contribution in [0.4, 0.5) is 0 Å². The molecule has 0 saturated heterocycles. The van der Waals surface area contributed by atoms with E-state index >= 15 is 0 Å². The maximum Gasteiger partial charge on any atom is 0.176 e. The summed E-state index contributed by atoms with van der Waals surface area (Å²) in [4.78, 5) is 8.68. The van der Waals surface area contributed by atoms with E-state index in [4.69, 9.17) is 4.74 Å². The van der Waals surface area contributed by atoms with Crippen molar-refractivity contribution < 1.29 is 4.74 Å². The molecule has 0 saturated carbocycles. The largest absolute Gasteiger partial charge is 0.377 e. The average molecular weight is 243 g/mol. The molecule has 3 aromatic rings. The van der Waals surface area contributed by atoms with Crippen molar-refractivity contribution in [2.24, 2.45) is 0 Å². The van der Waals surface area contributed by atoms with Crippen LogP contribution in [0.1, 0.15) is 11.6 Å². The first kappa shape index (κ1) is 10.9. The molecular formula is C12H13N5O. The minimum absolute atomic E-state index is 0.418. The monoisotopic (exact) mass is 243 g/mol. The summed E-state index contributed by atoms with van der Waals surface area (Å²) >= 11 is 0. The van der Waals surface area contributed by atoms with Crippen molar-refractivity contribution in [2.45, 2.75) is 13.2 Å². The van der Waals surface area contributed by atoms with Gasteiger partial charge in [0.15, 0.2) is 5.82 Å². The van der Waals surface area contributed by atoms with Gasteiger partial charge in [-0.3, -0.25) is 5.10 Å². The number of benzene rings is 1. The first-order valence-corrected chi connectivity index (χ1v) is 5.66. The Morgan fingerprint density at radius 2 is 2.22 bits per heavy atom. The topological polar surface area (TPSA) is 68.6 Å². The van der Waals surface area contributed by atoms with Gasteiger partial charge >= 0.3 is 0 Å². The third-order valence-electron chi connectivity index (χ3n) is 2.70. The number of hydrogen-bond acceptors (Lipinski definition) is 4. The van der Waals surface area contributed by atoms with Gasteiger partial charge in [0.2, 0.25) is 0 Å². The quantitative estimate of drug-likeness (QED) is 0.751. The van der Waals surface area contributed by atoms with Crippen molar-refractivity contribution in [2.75, 3.05) is 7.11 Å². The minimum Gasteiger partial charge on any atom is -0.377 e. The molecule has 0 atom stereocenters. The van der Waals surface area contributed by atoms with Crippen molar-refractivity contribution in [1.82, 2.24) is 24.7 Å². The van der Waals surface area contributed by atoms with Crippen LogP contribution in [0.2, 0.25) is 0 Å². The van der Waals surface area contributed by atoms with Gasteiger partial charge in [0.25, 0.3) is 0 Å². The Kier molecular flexibility index (Phi) is 2.77. The first-order chi connectivity index (χ1) is 8.86. The summed E-state index contributed by atoms with van der Waals surface area (Å²) in [6.07, 6.45) is 1.81. The number of imidazole rings is 1. The maximum atomic E-state index is 4.98. The van der Waals surface area contributed by atoms with Crippen LogP contribution in [0.25, 0.3) is 11.0 Å². The minimum atomic E-state index is 0.418. The van der Waals surface area contributed by atoms with Gasteiger partial charge in [0.05, 0.1) is 23.9 Å². The van der Waals surface area contributed by atoms with E-state index < -0.39 is 0 Å². The molecule has 0 radical (unpaired) electrons. The summed E-state index contributed by atoms with van der Waals surface area (Å²) in [6.45, 7) is 1.04. The van der Waals surface area contributed by atoms with Gasteiger partial charge in [0, 0.05) is 7.11 Å². The highest BCUT2D eigenvalue weighted by Crippen LogP contribution is 2.12. The van der Waals surface area contributed by atoms with Crippen molar-refractivity contribution >= 4 is 11.0 Å². The van der Waals surface area contributed by atoms with Gasteiger partial charge in [-0.05, 0) is 12.1 Å². The van der Waals surface area contributed by atoms with Gasteiger partial charge in [-0.1, -0.05) is 12.1 Å². The fourth-order valence-corrected chi connectivity index (χ4v) is 1.90. The Bertz CT molecular complexity index is 657. The number of ether oxygens (including phenoxy) is 1. The number of para-hydroxylation sites is 2. The Hall–Kier alpha value is -2.21. The fraction of sp³-hybridized carbons (Fsp3) is 0.250. The molecule has 0 unspecified atom stereocenters. The first-order valence-electron chi connectivity index (χ1n) is 5.66. The average Bonchev–Trinajstić information content (AvgIpc) is 2.99. The number of nitrogens with zero attached hydrogens (tertiary/aromatic N) is 4. The highest BCUT2D eigenvalue weighted by molar-refractivity contribution is 5.74. The molecule has 0 aliphatic heterocycles. The van der Waals surface area contributed by atoms with E-state index in [1.165, 1.54) is 0 Å². The van der Waals surface area contributed by atoms with Crippen LogP contribution in [0.3, 0.4) is 0 Å². The van der Waals surface area contributed by atoms with Crippen LogP contribution in [0.15, 0.2) is 30.6 Å². The zero-order valence-electron chi connectivity index (χ0n) is 10.00. The van der Waals surface area contributed by atoms with Crippen LogP contribution in [0.5, 0.6) is 0 Å². The lowest BCUT2D eigenvalue weighted by Gasteiger charge is -2.00. The number of rotatable bonds is 4. The summed E-state index contributed by atoms with van der Waals surface area (Å²) < 4.78 is 7.02. The Balaban J connectivity index is 1.87. The van der Waals surface area contributed by atoms with E-state index in [-0.39, 0.29) is 0 Å². The zero-order valence-corrected chi connectivity index (χ0v) is 10.00. The summed E-state index contributed by atoms with van der Waals surface area (Å²) in [5.74, 6) is 1.46. The van der Waals surface area contributed by atoms with E-state index in [9.17, 15) is 0 Å². The molecule has 2 aromatic heterocycles. The smallest absolute Gasteiger partial charge is 0.176 e. The van der Waals surface area contributed by atoms with Gasteiger partial charge < -0.3 is 9.30 Å². The highest BCUT2D eigenvalue weighted by atomic mass is 16.5. The summed E-state index contributed by atoms with van der Waals surface area (Å²) in [7, 11) is 1.62. The van der Waals surface area contributed by atoms with Crippen molar-refractivity contribution in [3.8, 4) is 0 Å². The molecule has 6 heteroatoms. The molecule has 18 heavy (non-hydrogen) atoms. The van der Waals surface area contributed by atoms with Gasteiger partial charge in [-0.2, -0.15) is 5.10 Å². The molecule has 0 bridgehead atoms. The molecular weight excluding hydrogens is 230 g/mol. The van der Waals surface area contributed by atoms with Crippen LogP contribution < -0.4 is 0 Å². The van der Waals surface area contributed by atoms with Crippen molar-refractivity contribution in [1.29, 1.82) is 0 Å². The molecule has 0 spiro atoms.